The standard InChI is InChI=1S/C8H7Br2NO2/c1-13-8-5(4-11-12)2-6(9)3-7(8)10/h2-4,12H,1H3/b11-4+. The van der Waals surface area contributed by atoms with Gasteiger partial charge < -0.3 is 9.94 Å². The average molecular weight is 309 g/mol. The number of oxime groups is 1. The van der Waals surface area contributed by atoms with E-state index < -0.39 is 0 Å². The van der Waals surface area contributed by atoms with Gasteiger partial charge in [-0.2, -0.15) is 0 Å². The largest absolute Gasteiger partial charge is 0.495 e. The fourth-order valence-corrected chi connectivity index (χ4v) is 2.37. The molecule has 0 aliphatic rings. The summed E-state index contributed by atoms with van der Waals surface area (Å²) in [6.45, 7) is 0. The first-order chi connectivity index (χ1) is 6.19. The molecule has 0 fully saturated rings. The van der Waals surface area contributed by atoms with Crippen molar-refractivity contribution in [1.29, 1.82) is 0 Å². The fraction of sp³-hybridized carbons (Fsp3) is 0.125. The average Bonchev–Trinajstić information content (AvgIpc) is 2.04. The molecule has 3 nitrogen and oxygen atoms in total. The van der Waals surface area contributed by atoms with Crippen LogP contribution in [0.1, 0.15) is 5.56 Å². The summed E-state index contributed by atoms with van der Waals surface area (Å²) in [5.41, 5.74) is 0.700. The second-order valence-corrected chi connectivity index (χ2v) is 4.02. The van der Waals surface area contributed by atoms with Gasteiger partial charge in [0.1, 0.15) is 5.75 Å². The van der Waals surface area contributed by atoms with Crippen molar-refractivity contribution in [3.63, 3.8) is 0 Å². The molecule has 0 heterocycles. The second kappa shape index (κ2) is 4.62. The smallest absolute Gasteiger partial charge is 0.142 e. The molecule has 0 aliphatic carbocycles. The van der Waals surface area contributed by atoms with Gasteiger partial charge in [-0.3, -0.25) is 0 Å². The van der Waals surface area contributed by atoms with Gasteiger partial charge in [0.15, 0.2) is 0 Å². The van der Waals surface area contributed by atoms with E-state index in [1.165, 1.54) is 6.21 Å². The molecule has 0 bridgehead atoms. The normalized spacial score (nSPS) is 10.7. The zero-order valence-corrected chi connectivity index (χ0v) is 9.96. The molecule has 0 aliphatic heterocycles. The highest BCUT2D eigenvalue weighted by Gasteiger charge is 2.06. The van der Waals surface area contributed by atoms with E-state index >= 15 is 0 Å². The van der Waals surface area contributed by atoms with Gasteiger partial charge >= 0.3 is 0 Å². The molecule has 0 saturated heterocycles. The quantitative estimate of drug-likeness (QED) is 0.518. The fourth-order valence-electron chi connectivity index (χ4n) is 0.954. The lowest BCUT2D eigenvalue weighted by atomic mass is 10.2. The van der Waals surface area contributed by atoms with Gasteiger partial charge in [0.25, 0.3) is 0 Å². The number of methoxy groups -OCH3 is 1. The molecule has 13 heavy (non-hydrogen) atoms. The third-order valence-corrected chi connectivity index (χ3v) is 2.48. The maximum atomic E-state index is 8.40. The summed E-state index contributed by atoms with van der Waals surface area (Å²) in [4.78, 5) is 0. The van der Waals surface area contributed by atoms with Gasteiger partial charge in [0.05, 0.1) is 17.8 Å². The van der Waals surface area contributed by atoms with Crippen LogP contribution in [0.4, 0.5) is 0 Å². The number of benzene rings is 1. The molecular weight excluding hydrogens is 302 g/mol. The minimum atomic E-state index is 0.640. The number of hydrogen-bond donors (Lipinski definition) is 1. The lowest BCUT2D eigenvalue weighted by molar-refractivity contribution is 0.321. The van der Waals surface area contributed by atoms with Crippen LogP contribution in [0.5, 0.6) is 5.75 Å². The zero-order valence-electron chi connectivity index (χ0n) is 6.79. The molecule has 0 saturated carbocycles. The summed E-state index contributed by atoms with van der Waals surface area (Å²) in [6, 6.07) is 3.65. The van der Waals surface area contributed by atoms with Crippen LogP contribution in [0.3, 0.4) is 0 Å². The van der Waals surface area contributed by atoms with Crippen molar-refractivity contribution in [3.8, 4) is 5.75 Å². The third kappa shape index (κ3) is 2.45. The molecule has 1 aromatic rings. The Balaban J connectivity index is 3.29. The second-order valence-electron chi connectivity index (χ2n) is 2.25. The Morgan fingerprint density at radius 3 is 2.69 bits per heavy atom. The Kier molecular flexibility index (Phi) is 3.74. The number of hydrogen-bond acceptors (Lipinski definition) is 3. The molecule has 70 valence electrons. The number of halogens is 2. The predicted molar refractivity (Wildman–Crippen MR) is 57.8 cm³/mol. The van der Waals surface area contributed by atoms with Crippen molar-refractivity contribution < 1.29 is 9.94 Å². The van der Waals surface area contributed by atoms with Crippen molar-refractivity contribution >= 4 is 38.1 Å². The van der Waals surface area contributed by atoms with E-state index in [2.05, 4.69) is 37.0 Å². The molecular formula is C8H7Br2NO2. The van der Waals surface area contributed by atoms with Crippen LogP contribution >= 0.6 is 31.9 Å². The van der Waals surface area contributed by atoms with Crippen LogP contribution in [-0.4, -0.2) is 18.5 Å². The van der Waals surface area contributed by atoms with Crippen LogP contribution in [0.25, 0.3) is 0 Å². The minimum Gasteiger partial charge on any atom is -0.495 e. The highest BCUT2D eigenvalue weighted by Crippen LogP contribution is 2.31. The Labute approximate surface area is 92.7 Å². The van der Waals surface area contributed by atoms with Gasteiger partial charge in [-0.1, -0.05) is 21.1 Å². The SMILES string of the molecule is COc1c(Br)cc(Br)cc1/C=N/O. The first-order valence-corrected chi connectivity index (χ1v) is 4.98. The number of ether oxygens (including phenoxy) is 1. The van der Waals surface area contributed by atoms with Crippen LogP contribution in [0, 0.1) is 0 Å². The third-order valence-electron chi connectivity index (χ3n) is 1.44. The summed E-state index contributed by atoms with van der Waals surface area (Å²) in [6.07, 6.45) is 1.31. The molecule has 1 aromatic carbocycles. The van der Waals surface area contributed by atoms with Gasteiger partial charge in [0.2, 0.25) is 0 Å². The summed E-state index contributed by atoms with van der Waals surface area (Å²) in [7, 11) is 1.56. The highest BCUT2D eigenvalue weighted by molar-refractivity contribution is 9.11. The summed E-state index contributed by atoms with van der Waals surface area (Å²) in [5.74, 6) is 0.640. The molecule has 0 aromatic heterocycles. The van der Waals surface area contributed by atoms with E-state index in [9.17, 15) is 0 Å². The molecule has 0 amide bonds. The van der Waals surface area contributed by atoms with Gasteiger partial charge in [-0.05, 0) is 28.1 Å². The van der Waals surface area contributed by atoms with Crippen LogP contribution in [-0.2, 0) is 0 Å². The summed E-state index contributed by atoms with van der Waals surface area (Å²) < 4.78 is 6.80. The first kappa shape index (κ1) is 10.5. The van der Waals surface area contributed by atoms with Crippen molar-refractivity contribution in [2.24, 2.45) is 5.16 Å². The van der Waals surface area contributed by atoms with Crippen molar-refractivity contribution in [2.45, 2.75) is 0 Å². The summed E-state index contributed by atoms with van der Waals surface area (Å²) in [5, 5.41) is 11.4. The predicted octanol–water partition coefficient (Wildman–Crippen LogP) is 3.03. The van der Waals surface area contributed by atoms with Crippen LogP contribution in [0.15, 0.2) is 26.2 Å². The number of rotatable bonds is 2. The van der Waals surface area contributed by atoms with Crippen molar-refractivity contribution in [2.75, 3.05) is 7.11 Å². The van der Waals surface area contributed by atoms with Gasteiger partial charge in [0, 0.05) is 10.0 Å². The van der Waals surface area contributed by atoms with Crippen LogP contribution < -0.4 is 4.74 Å². The van der Waals surface area contributed by atoms with E-state index in [1.54, 1.807) is 13.2 Å². The molecule has 0 spiro atoms. The van der Waals surface area contributed by atoms with Gasteiger partial charge in [-0.25, -0.2) is 0 Å². The molecule has 1 rings (SSSR count). The van der Waals surface area contributed by atoms with E-state index in [4.69, 9.17) is 9.94 Å². The van der Waals surface area contributed by atoms with Crippen molar-refractivity contribution in [1.82, 2.24) is 0 Å². The topological polar surface area (TPSA) is 41.8 Å². The Hall–Kier alpha value is -0.550. The highest BCUT2D eigenvalue weighted by atomic mass is 79.9. The zero-order chi connectivity index (χ0) is 9.84. The van der Waals surface area contributed by atoms with E-state index in [0.717, 1.165) is 8.95 Å². The van der Waals surface area contributed by atoms with Crippen LogP contribution in [0.2, 0.25) is 0 Å². The maximum Gasteiger partial charge on any atom is 0.142 e. The minimum absolute atomic E-state index is 0.640. The van der Waals surface area contributed by atoms with E-state index in [0.29, 0.717) is 11.3 Å². The molecule has 0 atom stereocenters. The van der Waals surface area contributed by atoms with E-state index in [-0.39, 0.29) is 0 Å². The van der Waals surface area contributed by atoms with Gasteiger partial charge in [-0.15, -0.1) is 0 Å². The first-order valence-electron chi connectivity index (χ1n) is 3.39. The number of nitrogens with zero attached hydrogens (tertiary/aromatic N) is 1. The lowest BCUT2D eigenvalue weighted by Crippen LogP contribution is -1.92. The monoisotopic (exact) mass is 307 g/mol. The molecule has 0 unspecified atom stereocenters. The molecule has 0 radical (unpaired) electrons. The lowest BCUT2D eigenvalue weighted by Gasteiger charge is -2.06. The Bertz CT molecular complexity index is 339. The molecule has 5 heteroatoms. The van der Waals surface area contributed by atoms with Crippen molar-refractivity contribution in [3.05, 3.63) is 26.6 Å². The molecule has 1 N–H and O–H groups in total. The van der Waals surface area contributed by atoms with E-state index in [1.807, 2.05) is 6.07 Å². The summed E-state index contributed by atoms with van der Waals surface area (Å²) >= 11 is 6.65. The maximum absolute atomic E-state index is 8.40. The Morgan fingerprint density at radius 2 is 2.15 bits per heavy atom. The Morgan fingerprint density at radius 1 is 1.46 bits per heavy atom.